The summed E-state index contributed by atoms with van der Waals surface area (Å²) in [5.41, 5.74) is 0.978. The first-order chi connectivity index (χ1) is 8.08. The largest absolute Gasteiger partial charge is 0.389 e. The van der Waals surface area contributed by atoms with Crippen LogP contribution in [0.3, 0.4) is 0 Å². The number of hydrogen-bond acceptors (Lipinski definition) is 2. The van der Waals surface area contributed by atoms with Crippen LogP contribution in [0.2, 0.25) is 0 Å². The Kier molecular flexibility index (Phi) is 5.83. The molecule has 5 heteroatoms. The van der Waals surface area contributed by atoms with Gasteiger partial charge in [-0.05, 0) is 18.6 Å². The quantitative estimate of drug-likeness (QED) is 0.745. The van der Waals surface area contributed by atoms with Gasteiger partial charge in [-0.15, -0.1) is 0 Å². The molecule has 0 atom stereocenters. The molecule has 1 rings (SSSR count). The maximum atomic E-state index is 11.8. The fraction of sp³-hybridized carbons (Fsp3) is 0.500. The third kappa shape index (κ3) is 7.63. The second kappa shape index (κ2) is 7.17. The van der Waals surface area contributed by atoms with Crippen molar-refractivity contribution >= 4 is 5.69 Å². The van der Waals surface area contributed by atoms with Gasteiger partial charge in [0.1, 0.15) is 0 Å². The summed E-state index contributed by atoms with van der Waals surface area (Å²) in [6.07, 6.45) is -4.83. The third-order valence-electron chi connectivity index (χ3n) is 2.10. The molecular weight excluding hydrogens is 231 g/mol. The molecule has 0 aliphatic carbocycles. The van der Waals surface area contributed by atoms with Crippen LogP contribution in [-0.2, 0) is 4.74 Å². The zero-order valence-electron chi connectivity index (χ0n) is 9.46. The Bertz CT molecular complexity index is 300. The van der Waals surface area contributed by atoms with Crippen LogP contribution in [0.15, 0.2) is 30.3 Å². The molecule has 2 nitrogen and oxygen atoms in total. The van der Waals surface area contributed by atoms with E-state index < -0.39 is 12.6 Å². The minimum Gasteiger partial charge on any atom is -0.383 e. The number of para-hydroxylation sites is 1. The molecule has 0 amide bonds. The number of benzene rings is 1. The summed E-state index contributed by atoms with van der Waals surface area (Å²) < 4.78 is 40.4. The maximum Gasteiger partial charge on any atom is 0.389 e. The van der Waals surface area contributed by atoms with Crippen molar-refractivity contribution in [3.8, 4) is 0 Å². The Balaban J connectivity index is 1.95. The predicted octanol–water partition coefficient (Wildman–Crippen LogP) is 3.46. The first-order valence-electron chi connectivity index (χ1n) is 5.51. The van der Waals surface area contributed by atoms with Crippen LogP contribution in [0, 0.1) is 0 Å². The maximum absolute atomic E-state index is 11.8. The van der Waals surface area contributed by atoms with Crippen LogP contribution in [-0.4, -0.2) is 25.9 Å². The fourth-order valence-electron chi connectivity index (χ4n) is 1.30. The highest BCUT2D eigenvalue weighted by molar-refractivity contribution is 5.42. The molecule has 0 aliphatic rings. The SMILES string of the molecule is FC(F)(F)CCCOCCNc1ccccc1. The molecule has 0 bridgehead atoms. The molecule has 0 radical (unpaired) electrons. The fourth-order valence-corrected chi connectivity index (χ4v) is 1.30. The van der Waals surface area contributed by atoms with Crippen LogP contribution in [0.25, 0.3) is 0 Å². The molecule has 0 unspecified atom stereocenters. The van der Waals surface area contributed by atoms with Crippen LogP contribution in [0.5, 0.6) is 0 Å². The Morgan fingerprint density at radius 3 is 2.41 bits per heavy atom. The van der Waals surface area contributed by atoms with Crippen molar-refractivity contribution in [2.75, 3.05) is 25.1 Å². The van der Waals surface area contributed by atoms with Crippen molar-refractivity contribution in [2.45, 2.75) is 19.0 Å². The van der Waals surface area contributed by atoms with E-state index >= 15 is 0 Å². The molecule has 0 saturated carbocycles. The summed E-state index contributed by atoms with van der Waals surface area (Å²) in [5.74, 6) is 0. The van der Waals surface area contributed by atoms with Crippen LogP contribution in [0.1, 0.15) is 12.8 Å². The van der Waals surface area contributed by atoms with Gasteiger partial charge in [0.25, 0.3) is 0 Å². The van der Waals surface area contributed by atoms with Gasteiger partial charge in [-0.25, -0.2) is 0 Å². The highest BCUT2D eigenvalue weighted by Gasteiger charge is 2.25. The van der Waals surface area contributed by atoms with E-state index in [1.807, 2.05) is 30.3 Å². The number of hydrogen-bond donors (Lipinski definition) is 1. The van der Waals surface area contributed by atoms with E-state index in [1.54, 1.807) is 0 Å². The van der Waals surface area contributed by atoms with Gasteiger partial charge in [0.05, 0.1) is 6.61 Å². The van der Waals surface area contributed by atoms with Gasteiger partial charge in [-0.1, -0.05) is 18.2 Å². The number of ether oxygens (including phenoxy) is 1. The molecule has 1 aromatic rings. The lowest BCUT2D eigenvalue weighted by Crippen LogP contribution is -2.12. The molecule has 0 saturated heterocycles. The van der Waals surface area contributed by atoms with E-state index in [9.17, 15) is 13.2 Å². The van der Waals surface area contributed by atoms with Gasteiger partial charge >= 0.3 is 6.18 Å². The van der Waals surface area contributed by atoms with Gasteiger partial charge in [-0.2, -0.15) is 13.2 Å². The molecule has 0 spiro atoms. The van der Waals surface area contributed by atoms with Crippen LogP contribution >= 0.6 is 0 Å². The normalized spacial score (nSPS) is 11.5. The number of halogens is 3. The minimum absolute atomic E-state index is 0.0227. The summed E-state index contributed by atoms with van der Waals surface area (Å²) in [6, 6.07) is 9.57. The number of anilines is 1. The Morgan fingerprint density at radius 2 is 1.76 bits per heavy atom. The van der Waals surface area contributed by atoms with E-state index in [-0.39, 0.29) is 13.0 Å². The Labute approximate surface area is 98.8 Å². The molecule has 17 heavy (non-hydrogen) atoms. The molecule has 96 valence electrons. The summed E-state index contributed by atoms with van der Waals surface area (Å²) in [7, 11) is 0. The van der Waals surface area contributed by atoms with Crippen LogP contribution in [0.4, 0.5) is 18.9 Å². The topological polar surface area (TPSA) is 21.3 Å². The first-order valence-corrected chi connectivity index (χ1v) is 5.51. The highest BCUT2D eigenvalue weighted by atomic mass is 19.4. The summed E-state index contributed by atoms with van der Waals surface area (Å²) >= 11 is 0. The Morgan fingerprint density at radius 1 is 1.06 bits per heavy atom. The summed E-state index contributed by atoms with van der Waals surface area (Å²) in [5, 5.41) is 3.10. The molecule has 0 aromatic heterocycles. The molecular formula is C12H16F3NO. The van der Waals surface area contributed by atoms with E-state index in [0.29, 0.717) is 13.2 Å². The van der Waals surface area contributed by atoms with Crippen molar-refractivity contribution < 1.29 is 17.9 Å². The molecule has 1 N–H and O–H groups in total. The lowest BCUT2D eigenvalue weighted by atomic mass is 10.3. The summed E-state index contributed by atoms with van der Waals surface area (Å²) in [4.78, 5) is 0. The van der Waals surface area contributed by atoms with Gasteiger partial charge in [-0.3, -0.25) is 0 Å². The average molecular weight is 247 g/mol. The zero-order chi connectivity index (χ0) is 12.6. The number of alkyl halides is 3. The van der Waals surface area contributed by atoms with E-state index in [0.717, 1.165) is 5.69 Å². The van der Waals surface area contributed by atoms with Crippen molar-refractivity contribution in [3.63, 3.8) is 0 Å². The van der Waals surface area contributed by atoms with E-state index in [2.05, 4.69) is 5.32 Å². The Hall–Kier alpha value is -1.23. The van der Waals surface area contributed by atoms with E-state index in [4.69, 9.17) is 4.74 Å². The van der Waals surface area contributed by atoms with Crippen molar-refractivity contribution in [1.82, 2.24) is 0 Å². The van der Waals surface area contributed by atoms with Crippen LogP contribution < -0.4 is 5.32 Å². The molecule has 0 fully saturated rings. The van der Waals surface area contributed by atoms with Crippen molar-refractivity contribution in [2.24, 2.45) is 0 Å². The summed E-state index contributed by atoms with van der Waals surface area (Å²) in [6.45, 7) is 1.15. The van der Waals surface area contributed by atoms with E-state index in [1.165, 1.54) is 0 Å². The second-order valence-electron chi connectivity index (χ2n) is 3.62. The lowest BCUT2D eigenvalue weighted by molar-refractivity contribution is -0.137. The highest BCUT2D eigenvalue weighted by Crippen LogP contribution is 2.20. The van der Waals surface area contributed by atoms with Crippen molar-refractivity contribution in [3.05, 3.63) is 30.3 Å². The zero-order valence-corrected chi connectivity index (χ0v) is 9.46. The van der Waals surface area contributed by atoms with Gasteiger partial charge in [0, 0.05) is 25.3 Å². The van der Waals surface area contributed by atoms with Gasteiger partial charge in [0.2, 0.25) is 0 Å². The molecule has 0 aliphatic heterocycles. The smallest absolute Gasteiger partial charge is 0.383 e. The lowest BCUT2D eigenvalue weighted by Gasteiger charge is -2.08. The molecule has 0 heterocycles. The van der Waals surface area contributed by atoms with Gasteiger partial charge < -0.3 is 10.1 Å². The molecule has 1 aromatic carbocycles. The number of nitrogens with one attached hydrogen (secondary N) is 1. The third-order valence-corrected chi connectivity index (χ3v) is 2.10. The average Bonchev–Trinajstić information content (AvgIpc) is 2.28. The standard InChI is InChI=1S/C12H16F3NO/c13-12(14,15)7-4-9-17-10-8-16-11-5-2-1-3-6-11/h1-3,5-6,16H,4,7-10H2. The minimum atomic E-state index is -4.08. The van der Waals surface area contributed by atoms with Gasteiger partial charge in [0.15, 0.2) is 0 Å². The number of rotatable bonds is 7. The predicted molar refractivity (Wildman–Crippen MR) is 61.0 cm³/mol. The second-order valence-corrected chi connectivity index (χ2v) is 3.62. The monoisotopic (exact) mass is 247 g/mol. The first kappa shape index (κ1) is 13.8. The van der Waals surface area contributed by atoms with Crippen molar-refractivity contribution in [1.29, 1.82) is 0 Å².